The largest absolute Gasteiger partial charge is 0.340 e. The summed E-state index contributed by atoms with van der Waals surface area (Å²) in [6.07, 6.45) is 6.91. The number of hydrogen-bond donors (Lipinski definition) is 2. The highest BCUT2D eigenvalue weighted by molar-refractivity contribution is 5.90. The number of carbonyl (C=O) groups is 1. The zero-order chi connectivity index (χ0) is 19.3. The van der Waals surface area contributed by atoms with Gasteiger partial charge in [0, 0.05) is 42.2 Å². The van der Waals surface area contributed by atoms with Crippen molar-refractivity contribution in [1.29, 1.82) is 0 Å². The number of amides is 1. The van der Waals surface area contributed by atoms with Crippen molar-refractivity contribution < 1.29 is 4.79 Å². The molecular weight excluding hydrogens is 356 g/mol. The van der Waals surface area contributed by atoms with Gasteiger partial charge in [0.2, 0.25) is 5.91 Å². The van der Waals surface area contributed by atoms with Crippen LogP contribution in [0, 0.1) is 6.92 Å². The molecule has 1 amide bonds. The summed E-state index contributed by atoms with van der Waals surface area (Å²) in [6.45, 7) is 2.00. The second-order valence-corrected chi connectivity index (χ2v) is 6.06. The number of anilines is 3. The van der Waals surface area contributed by atoms with Gasteiger partial charge in [0.15, 0.2) is 5.82 Å². The summed E-state index contributed by atoms with van der Waals surface area (Å²) in [7, 11) is 0. The average molecular weight is 374 g/mol. The minimum atomic E-state index is -0.139. The first-order valence-corrected chi connectivity index (χ1v) is 8.66. The van der Waals surface area contributed by atoms with Gasteiger partial charge in [-0.15, -0.1) is 0 Å². The molecule has 9 heteroatoms. The number of nitrogens with one attached hydrogen (secondary N) is 2. The summed E-state index contributed by atoms with van der Waals surface area (Å²) in [6, 6.07) is 12.8. The minimum absolute atomic E-state index is 0.139. The number of rotatable bonds is 6. The van der Waals surface area contributed by atoms with Gasteiger partial charge in [-0.3, -0.25) is 9.48 Å². The number of aryl methyl sites for hydroxylation is 1. The van der Waals surface area contributed by atoms with Crippen LogP contribution in [0.3, 0.4) is 0 Å². The Balaban J connectivity index is 1.42. The summed E-state index contributed by atoms with van der Waals surface area (Å²) >= 11 is 0. The van der Waals surface area contributed by atoms with Crippen LogP contribution in [0.4, 0.5) is 17.2 Å². The molecular formula is C19H18N8O. The van der Waals surface area contributed by atoms with E-state index in [9.17, 15) is 4.79 Å². The smallest absolute Gasteiger partial charge is 0.246 e. The van der Waals surface area contributed by atoms with Crippen LogP contribution in [-0.2, 0) is 11.3 Å². The Hall–Kier alpha value is -4.01. The van der Waals surface area contributed by atoms with E-state index in [1.54, 1.807) is 34.0 Å². The predicted octanol–water partition coefficient (Wildman–Crippen LogP) is 2.55. The van der Waals surface area contributed by atoms with E-state index in [1.165, 1.54) is 0 Å². The SMILES string of the molecule is Cc1nc(Nc2ccc(NC(=O)Cn3cccn3)cc2)cc(-n2cccn2)n1. The van der Waals surface area contributed by atoms with E-state index in [0.29, 0.717) is 23.1 Å². The van der Waals surface area contributed by atoms with Crippen molar-refractivity contribution >= 4 is 23.1 Å². The Kier molecular flexibility index (Phi) is 4.79. The standard InChI is InChI=1S/C19H18N8O/c1-14-22-17(12-18(23-14)27-11-3-9-21-27)24-15-4-6-16(7-5-15)25-19(28)13-26-10-2-8-20-26/h2-12H,13H2,1H3,(H,25,28)(H,22,23,24). The molecule has 0 aliphatic heterocycles. The summed E-state index contributed by atoms with van der Waals surface area (Å²) in [5.74, 6) is 1.84. The van der Waals surface area contributed by atoms with E-state index in [1.807, 2.05) is 49.5 Å². The van der Waals surface area contributed by atoms with Gasteiger partial charge in [0.05, 0.1) is 0 Å². The second-order valence-electron chi connectivity index (χ2n) is 6.06. The molecule has 9 nitrogen and oxygen atoms in total. The van der Waals surface area contributed by atoms with E-state index in [-0.39, 0.29) is 12.5 Å². The molecule has 1 aromatic carbocycles. The lowest BCUT2D eigenvalue weighted by Gasteiger charge is -2.10. The van der Waals surface area contributed by atoms with Gasteiger partial charge in [-0.2, -0.15) is 10.2 Å². The summed E-state index contributed by atoms with van der Waals surface area (Å²) < 4.78 is 3.25. The van der Waals surface area contributed by atoms with Crippen molar-refractivity contribution in [3.63, 3.8) is 0 Å². The Bertz CT molecular complexity index is 1060. The zero-order valence-corrected chi connectivity index (χ0v) is 15.1. The number of aromatic nitrogens is 6. The second kappa shape index (κ2) is 7.70. The Morgan fingerprint density at radius 3 is 2.46 bits per heavy atom. The van der Waals surface area contributed by atoms with Crippen LogP contribution in [-0.4, -0.2) is 35.4 Å². The van der Waals surface area contributed by atoms with Crippen LogP contribution in [0.2, 0.25) is 0 Å². The molecule has 0 saturated carbocycles. The van der Waals surface area contributed by atoms with Gasteiger partial charge in [-0.25, -0.2) is 14.6 Å². The van der Waals surface area contributed by atoms with Gasteiger partial charge in [0.1, 0.15) is 18.2 Å². The van der Waals surface area contributed by atoms with E-state index in [0.717, 1.165) is 5.69 Å². The monoisotopic (exact) mass is 374 g/mol. The van der Waals surface area contributed by atoms with Gasteiger partial charge in [-0.1, -0.05) is 0 Å². The fourth-order valence-corrected chi connectivity index (χ4v) is 2.66. The van der Waals surface area contributed by atoms with Crippen LogP contribution >= 0.6 is 0 Å². The summed E-state index contributed by atoms with van der Waals surface area (Å²) in [5, 5.41) is 14.3. The highest BCUT2D eigenvalue weighted by Crippen LogP contribution is 2.19. The Morgan fingerprint density at radius 1 is 1.00 bits per heavy atom. The summed E-state index contributed by atoms with van der Waals surface area (Å²) in [5.41, 5.74) is 1.55. The first-order chi connectivity index (χ1) is 13.7. The van der Waals surface area contributed by atoms with Crippen molar-refractivity contribution in [2.24, 2.45) is 0 Å². The van der Waals surface area contributed by atoms with E-state index in [2.05, 4.69) is 30.8 Å². The van der Waals surface area contributed by atoms with Crippen molar-refractivity contribution in [2.45, 2.75) is 13.5 Å². The molecule has 140 valence electrons. The zero-order valence-electron chi connectivity index (χ0n) is 15.1. The molecule has 4 rings (SSSR count). The molecule has 0 bridgehead atoms. The Morgan fingerprint density at radius 2 is 1.75 bits per heavy atom. The lowest BCUT2D eigenvalue weighted by Crippen LogP contribution is -2.18. The normalized spacial score (nSPS) is 10.6. The van der Waals surface area contributed by atoms with Crippen molar-refractivity contribution in [3.05, 3.63) is 73.1 Å². The fourth-order valence-electron chi connectivity index (χ4n) is 2.66. The maximum absolute atomic E-state index is 12.0. The molecule has 2 N–H and O–H groups in total. The molecule has 3 heterocycles. The first-order valence-electron chi connectivity index (χ1n) is 8.66. The first kappa shape index (κ1) is 17.4. The number of benzene rings is 1. The van der Waals surface area contributed by atoms with E-state index < -0.39 is 0 Å². The van der Waals surface area contributed by atoms with E-state index >= 15 is 0 Å². The van der Waals surface area contributed by atoms with E-state index in [4.69, 9.17) is 0 Å². The number of hydrogen-bond acceptors (Lipinski definition) is 6. The quantitative estimate of drug-likeness (QED) is 0.538. The third kappa shape index (κ3) is 4.21. The molecule has 0 aliphatic rings. The lowest BCUT2D eigenvalue weighted by atomic mass is 10.2. The topological polar surface area (TPSA) is 103 Å². The number of nitrogens with zero attached hydrogens (tertiary/aromatic N) is 6. The molecule has 4 aromatic rings. The molecule has 0 saturated heterocycles. The van der Waals surface area contributed by atoms with Crippen LogP contribution < -0.4 is 10.6 Å². The average Bonchev–Trinajstić information content (AvgIpc) is 3.37. The molecule has 0 fully saturated rings. The summed E-state index contributed by atoms with van der Waals surface area (Å²) in [4.78, 5) is 20.8. The van der Waals surface area contributed by atoms with Crippen molar-refractivity contribution in [2.75, 3.05) is 10.6 Å². The molecule has 0 atom stereocenters. The molecule has 3 aromatic heterocycles. The molecule has 0 spiro atoms. The van der Waals surface area contributed by atoms with Gasteiger partial charge in [-0.05, 0) is 43.3 Å². The predicted molar refractivity (Wildman–Crippen MR) is 104 cm³/mol. The van der Waals surface area contributed by atoms with Gasteiger partial charge in [0.25, 0.3) is 0 Å². The minimum Gasteiger partial charge on any atom is -0.340 e. The number of carbonyl (C=O) groups excluding carboxylic acids is 1. The van der Waals surface area contributed by atoms with Gasteiger partial charge >= 0.3 is 0 Å². The highest BCUT2D eigenvalue weighted by atomic mass is 16.2. The third-order valence-electron chi connectivity index (χ3n) is 3.87. The maximum Gasteiger partial charge on any atom is 0.246 e. The molecule has 0 aliphatic carbocycles. The lowest BCUT2D eigenvalue weighted by molar-refractivity contribution is -0.116. The third-order valence-corrected chi connectivity index (χ3v) is 3.87. The Labute approximate surface area is 161 Å². The fraction of sp³-hybridized carbons (Fsp3) is 0.105. The van der Waals surface area contributed by atoms with Crippen LogP contribution in [0.1, 0.15) is 5.82 Å². The highest BCUT2D eigenvalue weighted by Gasteiger charge is 2.06. The van der Waals surface area contributed by atoms with Crippen LogP contribution in [0.5, 0.6) is 0 Å². The van der Waals surface area contributed by atoms with Gasteiger partial charge < -0.3 is 10.6 Å². The maximum atomic E-state index is 12.0. The van der Waals surface area contributed by atoms with Crippen molar-refractivity contribution in [3.8, 4) is 5.82 Å². The van der Waals surface area contributed by atoms with Crippen LogP contribution in [0.15, 0.2) is 67.3 Å². The molecule has 28 heavy (non-hydrogen) atoms. The van der Waals surface area contributed by atoms with Crippen LogP contribution in [0.25, 0.3) is 5.82 Å². The molecule has 0 radical (unpaired) electrons. The molecule has 0 unspecified atom stereocenters. The van der Waals surface area contributed by atoms with Crippen molar-refractivity contribution in [1.82, 2.24) is 29.5 Å².